The molecule has 1 N–H and O–H groups in total. The maximum absolute atomic E-state index is 13.9. The van der Waals surface area contributed by atoms with Gasteiger partial charge in [-0.2, -0.15) is 0 Å². The molecule has 1 aliphatic heterocycles. The van der Waals surface area contributed by atoms with Gasteiger partial charge in [-0.1, -0.05) is 11.3 Å². The molecule has 0 aliphatic carbocycles. The summed E-state index contributed by atoms with van der Waals surface area (Å²) >= 11 is 1.09. The second-order valence-electron chi connectivity index (χ2n) is 4.86. The number of thiazole rings is 1. The zero-order valence-electron chi connectivity index (χ0n) is 11.3. The van der Waals surface area contributed by atoms with Crippen LogP contribution in [-0.4, -0.2) is 34.1 Å². The number of carboxylic acids is 1. The van der Waals surface area contributed by atoms with Gasteiger partial charge in [0.1, 0.15) is 16.3 Å². The van der Waals surface area contributed by atoms with Crippen molar-refractivity contribution < 1.29 is 14.3 Å². The van der Waals surface area contributed by atoms with Crippen LogP contribution in [0.3, 0.4) is 0 Å². The molecule has 2 aromatic heterocycles. The van der Waals surface area contributed by atoms with Crippen molar-refractivity contribution in [3.8, 4) is 11.4 Å². The zero-order valence-corrected chi connectivity index (χ0v) is 12.1. The average molecular weight is 307 g/mol. The summed E-state index contributed by atoms with van der Waals surface area (Å²) in [7, 11) is 0. The number of halogens is 1. The molecule has 1 saturated heterocycles. The van der Waals surface area contributed by atoms with Crippen molar-refractivity contribution in [3.63, 3.8) is 0 Å². The molecule has 3 rings (SSSR count). The molecule has 0 radical (unpaired) electrons. The normalized spacial score (nSPS) is 15.2. The first kappa shape index (κ1) is 13.9. The summed E-state index contributed by atoms with van der Waals surface area (Å²) in [6, 6.07) is 2.73. The standard InChI is InChI=1S/C14H14FN3O2S/c15-9-5-4-6-16-10(9)11-12(13(19)20)21-14(17-11)18-7-2-1-3-8-18/h4-6H,1-3,7-8H2,(H,19,20). The second kappa shape index (κ2) is 5.77. The number of piperidine rings is 1. The van der Waals surface area contributed by atoms with E-state index in [0.29, 0.717) is 5.13 Å². The van der Waals surface area contributed by atoms with E-state index in [1.54, 1.807) is 0 Å². The summed E-state index contributed by atoms with van der Waals surface area (Å²) in [4.78, 5) is 21.8. The van der Waals surface area contributed by atoms with Crippen LogP contribution in [0.5, 0.6) is 0 Å². The van der Waals surface area contributed by atoms with Crippen LogP contribution in [0.15, 0.2) is 18.3 Å². The number of pyridine rings is 1. The molecule has 5 nitrogen and oxygen atoms in total. The molecule has 21 heavy (non-hydrogen) atoms. The molecule has 2 aromatic rings. The Morgan fingerprint density at radius 1 is 1.29 bits per heavy atom. The topological polar surface area (TPSA) is 66.3 Å². The molecule has 110 valence electrons. The van der Waals surface area contributed by atoms with Gasteiger partial charge in [0.05, 0.1) is 0 Å². The van der Waals surface area contributed by atoms with Gasteiger partial charge in [0.25, 0.3) is 0 Å². The van der Waals surface area contributed by atoms with Crippen LogP contribution in [0.25, 0.3) is 11.4 Å². The summed E-state index contributed by atoms with van der Waals surface area (Å²) < 4.78 is 13.9. The number of anilines is 1. The van der Waals surface area contributed by atoms with E-state index in [2.05, 4.69) is 14.9 Å². The third-order valence-corrected chi connectivity index (χ3v) is 4.52. The van der Waals surface area contributed by atoms with Crippen LogP contribution >= 0.6 is 11.3 Å². The average Bonchev–Trinajstić information content (AvgIpc) is 2.94. The Hall–Kier alpha value is -2.02. The fourth-order valence-corrected chi connectivity index (χ4v) is 3.35. The van der Waals surface area contributed by atoms with E-state index in [-0.39, 0.29) is 16.3 Å². The minimum absolute atomic E-state index is 0.00518. The molecule has 0 atom stereocenters. The summed E-state index contributed by atoms with van der Waals surface area (Å²) in [5.41, 5.74) is 0.112. The van der Waals surface area contributed by atoms with E-state index in [4.69, 9.17) is 0 Å². The molecular weight excluding hydrogens is 293 g/mol. The second-order valence-corrected chi connectivity index (χ2v) is 5.84. The third kappa shape index (κ3) is 2.73. The van der Waals surface area contributed by atoms with Gasteiger partial charge in [-0.15, -0.1) is 0 Å². The highest BCUT2D eigenvalue weighted by Gasteiger charge is 2.25. The molecule has 1 aliphatic rings. The largest absolute Gasteiger partial charge is 0.477 e. The number of nitrogens with zero attached hydrogens (tertiary/aromatic N) is 3. The van der Waals surface area contributed by atoms with E-state index >= 15 is 0 Å². The Kier molecular flexibility index (Phi) is 3.83. The summed E-state index contributed by atoms with van der Waals surface area (Å²) in [6.07, 6.45) is 4.74. The van der Waals surface area contributed by atoms with Crippen molar-refractivity contribution in [2.24, 2.45) is 0 Å². The van der Waals surface area contributed by atoms with E-state index in [1.807, 2.05) is 0 Å². The van der Waals surface area contributed by atoms with Crippen molar-refractivity contribution in [1.29, 1.82) is 0 Å². The minimum Gasteiger partial charge on any atom is -0.477 e. The summed E-state index contributed by atoms with van der Waals surface area (Å²) in [5.74, 6) is -1.66. The van der Waals surface area contributed by atoms with Crippen molar-refractivity contribution in [2.75, 3.05) is 18.0 Å². The molecule has 0 amide bonds. The Balaban J connectivity index is 2.05. The van der Waals surface area contributed by atoms with Crippen LogP contribution in [-0.2, 0) is 0 Å². The van der Waals surface area contributed by atoms with Crippen LogP contribution in [0.2, 0.25) is 0 Å². The van der Waals surface area contributed by atoms with Crippen molar-refractivity contribution in [2.45, 2.75) is 19.3 Å². The first-order valence-electron chi connectivity index (χ1n) is 6.77. The van der Waals surface area contributed by atoms with Crippen molar-refractivity contribution in [1.82, 2.24) is 9.97 Å². The van der Waals surface area contributed by atoms with Crippen LogP contribution in [0.1, 0.15) is 28.9 Å². The zero-order chi connectivity index (χ0) is 14.8. The van der Waals surface area contributed by atoms with Gasteiger partial charge in [-0.25, -0.2) is 14.2 Å². The summed E-state index contributed by atoms with van der Waals surface area (Å²) in [5, 5.41) is 9.96. The molecular formula is C14H14FN3O2S. The number of carboxylic acid groups (broad SMARTS) is 1. The lowest BCUT2D eigenvalue weighted by molar-refractivity contribution is 0.0702. The van der Waals surface area contributed by atoms with E-state index in [9.17, 15) is 14.3 Å². The lowest BCUT2D eigenvalue weighted by Crippen LogP contribution is -2.29. The van der Waals surface area contributed by atoms with Crippen molar-refractivity contribution in [3.05, 3.63) is 29.0 Å². The molecule has 7 heteroatoms. The number of aromatic nitrogens is 2. The molecule has 3 heterocycles. The Morgan fingerprint density at radius 3 is 2.71 bits per heavy atom. The number of hydrogen-bond acceptors (Lipinski definition) is 5. The van der Waals surface area contributed by atoms with Gasteiger partial charge in [0.15, 0.2) is 10.9 Å². The summed E-state index contributed by atoms with van der Waals surface area (Å²) in [6.45, 7) is 1.72. The van der Waals surface area contributed by atoms with E-state index < -0.39 is 11.8 Å². The van der Waals surface area contributed by atoms with Gasteiger partial charge in [-0.05, 0) is 31.4 Å². The predicted octanol–water partition coefficient (Wildman–Crippen LogP) is 3.03. The van der Waals surface area contributed by atoms with Crippen LogP contribution in [0.4, 0.5) is 9.52 Å². The first-order valence-corrected chi connectivity index (χ1v) is 7.58. The minimum atomic E-state index is -1.10. The van der Waals surface area contributed by atoms with Gasteiger partial charge in [0, 0.05) is 19.3 Å². The van der Waals surface area contributed by atoms with Gasteiger partial charge >= 0.3 is 5.97 Å². The number of hydrogen-bond donors (Lipinski definition) is 1. The Labute approximate surface area is 125 Å². The van der Waals surface area contributed by atoms with E-state index in [1.165, 1.54) is 24.8 Å². The number of rotatable bonds is 3. The molecule has 0 aromatic carbocycles. The highest BCUT2D eigenvalue weighted by Crippen LogP contribution is 2.34. The maximum Gasteiger partial charge on any atom is 0.348 e. The molecule has 0 saturated carbocycles. The van der Waals surface area contributed by atoms with E-state index in [0.717, 1.165) is 37.3 Å². The fourth-order valence-electron chi connectivity index (χ4n) is 2.39. The van der Waals surface area contributed by atoms with Gasteiger partial charge in [0.2, 0.25) is 0 Å². The Morgan fingerprint density at radius 2 is 2.05 bits per heavy atom. The van der Waals surface area contributed by atoms with Gasteiger partial charge < -0.3 is 10.0 Å². The Bertz CT molecular complexity index is 668. The molecule has 0 unspecified atom stereocenters. The monoisotopic (exact) mass is 307 g/mol. The lowest BCUT2D eigenvalue weighted by atomic mass is 10.1. The number of carbonyl (C=O) groups is 1. The quantitative estimate of drug-likeness (QED) is 0.944. The fraction of sp³-hybridized carbons (Fsp3) is 0.357. The van der Waals surface area contributed by atoms with Crippen LogP contribution in [0, 0.1) is 5.82 Å². The first-order chi connectivity index (χ1) is 10.2. The molecule has 0 bridgehead atoms. The SMILES string of the molecule is O=C(O)c1sc(N2CCCCC2)nc1-c1ncccc1F. The van der Waals surface area contributed by atoms with Crippen molar-refractivity contribution >= 4 is 22.4 Å². The lowest BCUT2D eigenvalue weighted by Gasteiger charge is -2.25. The highest BCUT2D eigenvalue weighted by molar-refractivity contribution is 7.17. The van der Waals surface area contributed by atoms with Crippen LogP contribution < -0.4 is 4.90 Å². The smallest absolute Gasteiger partial charge is 0.348 e. The predicted molar refractivity (Wildman–Crippen MR) is 78.3 cm³/mol. The molecule has 1 fully saturated rings. The highest BCUT2D eigenvalue weighted by atomic mass is 32.1. The number of aromatic carboxylic acids is 1. The van der Waals surface area contributed by atoms with Gasteiger partial charge in [-0.3, -0.25) is 4.98 Å². The third-order valence-electron chi connectivity index (χ3n) is 3.42. The molecule has 0 spiro atoms. The maximum atomic E-state index is 13.9.